The van der Waals surface area contributed by atoms with Gasteiger partial charge in [0.25, 0.3) is 0 Å². The lowest BCUT2D eigenvalue weighted by molar-refractivity contribution is -0.151. The summed E-state index contributed by atoms with van der Waals surface area (Å²) in [4.78, 5) is 27.5. The number of aromatic nitrogens is 3. The summed E-state index contributed by atoms with van der Waals surface area (Å²) in [5, 5.41) is 11.7. The number of para-hydroxylation sites is 1. The van der Waals surface area contributed by atoms with Gasteiger partial charge in [-0.2, -0.15) is 0 Å². The molecule has 1 amide bonds. The van der Waals surface area contributed by atoms with Gasteiger partial charge >= 0.3 is 5.97 Å². The van der Waals surface area contributed by atoms with Crippen LogP contribution >= 0.6 is 23.1 Å². The number of thioether (sulfide) groups is 1. The van der Waals surface area contributed by atoms with Crippen molar-refractivity contribution in [3.05, 3.63) is 47.8 Å². The minimum absolute atomic E-state index is 0.0774. The van der Waals surface area contributed by atoms with Crippen LogP contribution in [0, 0.1) is 5.92 Å². The van der Waals surface area contributed by atoms with E-state index in [1.807, 2.05) is 59.7 Å². The number of benzene rings is 1. The zero-order valence-corrected chi connectivity index (χ0v) is 20.3. The first-order valence-corrected chi connectivity index (χ1v) is 13.2. The van der Waals surface area contributed by atoms with E-state index in [4.69, 9.17) is 4.74 Å². The van der Waals surface area contributed by atoms with Crippen LogP contribution in [-0.2, 0) is 14.3 Å². The average Bonchev–Trinajstić information content (AvgIpc) is 3.52. The van der Waals surface area contributed by atoms with Crippen LogP contribution in [-0.4, -0.2) is 57.0 Å². The monoisotopic (exact) mass is 484 g/mol. The fourth-order valence-corrected chi connectivity index (χ4v) is 5.50. The molecule has 9 heteroatoms. The predicted octanol–water partition coefficient (Wildman–Crippen LogP) is 4.67. The Morgan fingerprint density at radius 1 is 1.12 bits per heavy atom. The number of nitrogens with zero attached hydrogens (tertiary/aromatic N) is 4. The van der Waals surface area contributed by atoms with Gasteiger partial charge in [0.2, 0.25) is 5.91 Å². The molecule has 0 spiro atoms. The Kier molecular flexibility index (Phi) is 8.17. The number of ether oxygens (including phenoxy) is 1. The van der Waals surface area contributed by atoms with Crippen LogP contribution in [0.15, 0.2) is 53.0 Å². The van der Waals surface area contributed by atoms with Gasteiger partial charge in [-0.05, 0) is 49.8 Å². The summed E-state index contributed by atoms with van der Waals surface area (Å²) in [5.41, 5.74) is 1.02. The first kappa shape index (κ1) is 23.5. The lowest BCUT2D eigenvalue weighted by Crippen LogP contribution is -2.40. The quantitative estimate of drug-likeness (QED) is 0.250. The van der Waals surface area contributed by atoms with E-state index in [2.05, 4.69) is 14.8 Å². The molecule has 0 atom stereocenters. The highest BCUT2D eigenvalue weighted by molar-refractivity contribution is 7.99. The molecule has 1 fully saturated rings. The van der Waals surface area contributed by atoms with Crippen LogP contribution in [0.2, 0.25) is 0 Å². The number of esters is 1. The van der Waals surface area contributed by atoms with Gasteiger partial charge < -0.3 is 9.64 Å². The predicted molar refractivity (Wildman–Crippen MR) is 131 cm³/mol. The lowest BCUT2D eigenvalue weighted by atomic mass is 9.97. The van der Waals surface area contributed by atoms with Crippen molar-refractivity contribution in [2.45, 2.75) is 37.8 Å². The van der Waals surface area contributed by atoms with Crippen LogP contribution in [0.5, 0.6) is 0 Å². The molecule has 7 nitrogen and oxygen atoms in total. The number of carbonyl (C=O) groups is 2. The van der Waals surface area contributed by atoms with Gasteiger partial charge in [-0.1, -0.05) is 36.0 Å². The number of carbonyl (C=O) groups excluding carboxylic acids is 2. The van der Waals surface area contributed by atoms with Gasteiger partial charge in [-0.15, -0.1) is 21.5 Å². The Morgan fingerprint density at radius 2 is 1.91 bits per heavy atom. The number of thiophene rings is 1. The van der Waals surface area contributed by atoms with Crippen molar-refractivity contribution in [3.8, 4) is 16.4 Å². The molecule has 1 aromatic carbocycles. The zero-order valence-electron chi connectivity index (χ0n) is 18.7. The Labute approximate surface area is 202 Å². The van der Waals surface area contributed by atoms with E-state index in [1.54, 1.807) is 23.1 Å². The molecule has 3 heterocycles. The summed E-state index contributed by atoms with van der Waals surface area (Å²) < 4.78 is 7.19. The van der Waals surface area contributed by atoms with Crippen molar-refractivity contribution in [1.29, 1.82) is 0 Å². The summed E-state index contributed by atoms with van der Waals surface area (Å²) in [6.07, 6.45) is 2.63. The zero-order chi connectivity index (χ0) is 23.0. The van der Waals surface area contributed by atoms with E-state index in [9.17, 15) is 9.59 Å². The Balaban J connectivity index is 1.31. The van der Waals surface area contributed by atoms with Crippen molar-refractivity contribution in [1.82, 2.24) is 19.7 Å². The molecule has 0 aliphatic carbocycles. The molecule has 0 bridgehead atoms. The third-order valence-electron chi connectivity index (χ3n) is 5.62. The molecule has 1 aliphatic heterocycles. The van der Waals surface area contributed by atoms with E-state index < -0.39 is 0 Å². The summed E-state index contributed by atoms with van der Waals surface area (Å²) in [5.74, 6) is 1.55. The van der Waals surface area contributed by atoms with Gasteiger partial charge in [0.1, 0.15) is 0 Å². The minimum Gasteiger partial charge on any atom is -0.466 e. The van der Waals surface area contributed by atoms with E-state index in [0.29, 0.717) is 39.0 Å². The standard InChI is InChI=1S/C24H28N4O3S2/c1-2-31-23(30)18-12-14-27(15-13-18)21(29)11-7-17-33-24-26-25-22(20-10-6-16-32-20)28(24)19-8-4-3-5-9-19/h3-6,8-10,16,18H,2,7,11-15,17H2,1H3. The van der Waals surface area contributed by atoms with Crippen LogP contribution < -0.4 is 0 Å². The molecule has 0 unspecified atom stereocenters. The Morgan fingerprint density at radius 3 is 2.61 bits per heavy atom. The maximum Gasteiger partial charge on any atom is 0.309 e. The van der Waals surface area contributed by atoms with E-state index >= 15 is 0 Å². The minimum atomic E-state index is -0.134. The molecule has 1 saturated heterocycles. The highest BCUT2D eigenvalue weighted by Gasteiger charge is 2.28. The van der Waals surface area contributed by atoms with Crippen LogP contribution in [0.1, 0.15) is 32.6 Å². The highest BCUT2D eigenvalue weighted by Crippen LogP contribution is 2.30. The third-order valence-corrected chi connectivity index (χ3v) is 7.50. The largest absolute Gasteiger partial charge is 0.466 e. The molecule has 174 valence electrons. The second-order valence-corrected chi connectivity index (χ2v) is 9.82. The van der Waals surface area contributed by atoms with Crippen LogP contribution in [0.3, 0.4) is 0 Å². The number of hydrogen-bond acceptors (Lipinski definition) is 7. The first-order valence-electron chi connectivity index (χ1n) is 11.3. The van der Waals surface area contributed by atoms with E-state index in [0.717, 1.165) is 33.7 Å². The third kappa shape index (κ3) is 5.83. The van der Waals surface area contributed by atoms with E-state index in [-0.39, 0.29) is 17.8 Å². The molecule has 1 aliphatic rings. The second kappa shape index (κ2) is 11.5. The van der Waals surface area contributed by atoms with Crippen molar-refractivity contribution in [3.63, 3.8) is 0 Å². The normalized spacial score (nSPS) is 14.4. The molecule has 3 aromatic rings. The smallest absolute Gasteiger partial charge is 0.309 e. The molecule has 4 rings (SSSR count). The second-order valence-electron chi connectivity index (χ2n) is 7.81. The van der Waals surface area contributed by atoms with Crippen molar-refractivity contribution in [2.75, 3.05) is 25.4 Å². The van der Waals surface area contributed by atoms with Crippen LogP contribution in [0.25, 0.3) is 16.4 Å². The molecule has 0 radical (unpaired) electrons. The van der Waals surface area contributed by atoms with Crippen molar-refractivity contribution >= 4 is 35.0 Å². The maximum atomic E-state index is 12.6. The van der Waals surface area contributed by atoms with Gasteiger partial charge in [0, 0.05) is 31.0 Å². The summed E-state index contributed by atoms with van der Waals surface area (Å²) in [6.45, 7) is 3.48. The maximum absolute atomic E-state index is 12.6. The number of hydrogen-bond donors (Lipinski definition) is 0. The number of amides is 1. The molecular weight excluding hydrogens is 456 g/mol. The molecule has 2 aromatic heterocycles. The number of rotatable bonds is 9. The number of piperidine rings is 1. The van der Waals surface area contributed by atoms with Gasteiger partial charge in [0.15, 0.2) is 11.0 Å². The van der Waals surface area contributed by atoms with Crippen molar-refractivity contribution < 1.29 is 14.3 Å². The molecule has 0 N–H and O–H groups in total. The van der Waals surface area contributed by atoms with Gasteiger partial charge in [-0.3, -0.25) is 14.2 Å². The van der Waals surface area contributed by atoms with Crippen molar-refractivity contribution in [2.24, 2.45) is 5.92 Å². The lowest BCUT2D eigenvalue weighted by Gasteiger charge is -2.31. The fraction of sp³-hybridized carbons (Fsp3) is 0.417. The molecule has 33 heavy (non-hydrogen) atoms. The molecule has 0 saturated carbocycles. The SMILES string of the molecule is CCOC(=O)C1CCN(C(=O)CCCSc2nnc(-c3cccs3)n2-c2ccccc2)CC1. The fourth-order valence-electron chi connectivity index (χ4n) is 3.91. The first-order chi connectivity index (χ1) is 16.2. The van der Waals surface area contributed by atoms with E-state index in [1.165, 1.54) is 0 Å². The summed E-state index contributed by atoms with van der Waals surface area (Å²) in [7, 11) is 0. The highest BCUT2D eigenvalue weighted by atomic mass is 32.2. The number of likely N-dealkylation sites (tertiary alicyclic amines) is 1. The van der Waals surface area contributed by atoms with Gasteiger partial charge in [-0.25, -0.2) is 0 Å². The van der Waals surface area contributed by atoms with Gasteiger partial charge in [0.05, 0.1) is 17.4 Å². The van der Waals surface area contributed by atoms with Crippen LogP contribution in [0.4, 0.5) is 0 Å². The molecular formula is C24H28N4O3S2. The Hall–Kier alpha value is -2.65. The topological polar surface area (TPSA) is 77.3 Å². The Bertz CT molecular complexity index is 1050. The summed E-state index contributed by atoms with van der Waals surface area (Å²) in [6, 6.07) is 14.2. The summed E-state index contributed by atoms with van der Waals surface area (Å²) >= 11 is 3.26. The average molecular weight is 485 g/mol.